The summed E-state index contributed by atoms with van der Waals surface area (Å²) in [6, 6.07) is 11.7. The molecule has 0 saturated carbocycles. The monoisotopic (exact) mass is 368 g/mol. The minimum Gasteiger partial charge on any atom is -0.493 e. The highest BCUT2D eigenvalue weighted by molar-refractivity contribution is 5.98. The summed E-state index contributed by atoms with van der Waals surface area (Å²) in [6.45, 7) is 0. The number of fused-ring (bicyclic) bond motifs is 3. The van der Waals surface area contributed by atoms with E-state index in [0.29, 0.717) is 39.9 Å². The van der Waals surface area contributed by atoms with Crippen LogP contribution < -0.4 is 14.2 Å². The molecule has 1 atom stereocenters. The van der Waals surface area contributed by atoms with Crippen LogP contribution in [0.5, 0.6) is 17.2 Å². The number of benzene rings is 2. The van der Waals surface area contributed by atoms with Gasteiger partial charge in [-0.15, -0.1) is 0 Å². The van der Waals surface area contributed by atoms with Crippen LogP contribution in [0.25, 0.3) is 16.7 Å². The van der Waals surface area contributed by atoms with Crippen LogP contribution in [-0.4, -0.2) is 28.4 Å². The van der Waals surface area contributed by atoms with Crippen molar-refractivity contribution in [2.24, 2.45) is 0 Å². The van der Waals surface area contributed by atoms with Gasteiger partial charge in [0.05, 0.1) is 40.1 Å². The lowest BCUT2D eigenvalue weighted by Crippen LogP contribution is -2.20. The van der Waals surface area contributed by atoms with E-state index in [1.165, 1.54) is 0 Å². The van der Waals surface area contributed by atoms with Gasteiger partial charge in [0, 0.05) is 5.56 Å². The molecule has 3 aromatic rings. The third kappa shape index (κ3) is 2.48. The van der Waals surface area contributed by atoms with Gasteiger partial charge in [0.2, 0.25) is 5.75 Å². The average Bonchev–Trinajstić information content (AvgIpc) is 3.21. The lowest BCUT2D eigenvalue weighted by atomic mass is 9.98. The van der Waals surface area contributed by atoms with Gasteiger partial charge in [0.15, 0.2) is 29.0 Å². The predicted octanol–water partition coefficient (Wildman–Crippen LogP) is 4.55. The molecule has 0 saturated heterocycles. The Hall–Kier alpha value is -3.28. The fourth-order valence-electron chi connectivity index (χ4n) is 3.49. The molecule has 0 amide bonds. The number of ether oxygens (including phenoxy) is 5. The van der Waals surface area contributed by atoms with Crippen molar-refractivity contribution in [2.45, 2.75) is 6.10 Å². The van der Waals surface area contributed by atoms with Gasteiger partial charge >= 0.3 is 0 Å². The Labute approximate surface area is 156 Å². The van der Waals surface area contributed by atoms with E-state index in [2.05, 4.69) is 0 Å². The molecule has 0 bridgehead atoms. The molecule has 6 nitrogen and oxygen atoms in total. The van der Waals surface area contributed by atoms with Crippen molar-refractivity contribution in [1.29, 1.82) is 0 Å². The minimum absolute atomic E-state index is 0.463. The fraction of sp³-hybridized carbons (Fsp3) is 0.238. The van der Waals surface area contributed by atoms with Crippen molar-refractivity contribution >= 4 is 16.7 Å². The zero-order valence-corrected chi connectivity index (χ0v) is 15.6. The molecular weight excluding hydrogens is 348 g/mol. The van der Waals surface area contributed by atoms with Crippen molar-refractivity contribution in [1.82, 2.24) is 0 Å². The Kier molecular flexibility index (Phi) is 4.32. The zero-order chi connectivity index (χ0) is 19.0. The molecule has 1 aliphatic heterocycles. The first-order chi connectivity index (χ1) is 13.2. The van der Waals surface area contributed by atoms with Crippen LogP contribution in [0.3, 0.4) is 0 Å². The molecule has 1 aliphatic rings. The normalized spacial score (nSPS) is 15.9. The van der Waals surface area contributed by atoms with Gasteiger partial charge in [0.1, 0.15) is 11.3 Å². The Morgan fingerprint density at radius 2 is 1.56 bits per heavy atom. The van der Waals surface area contributed by atoms with Crippen LogP contribution >= 0.6 is 0 Å². The molecule has 140 valence electrons. The van der Waals surface area contributed by atoms with Crippen molar-refractivity contribution in [3.63, 3.8) is 0 Å². The summed E-state index contributed by atoms with van der Waals surface area (Å²) < 4.78 is 34.7. The molecule has 1 unspecified atom stereocenters. The van der Waals surface area contributed by atoms with Crippen LogP contribution in [0, 0.1) is 0 Å². The second kappa shape index (κ2) is 6.79. The van der Waals surface area contributed by atoms with Crippen LogP contribution in [0.15, 0.2) is 52.8 Å². The fourth-order valence-corrected chi connectivity index (χ4v) is 3.49. The number of furan rings is 1. The Morgan fingerprint density at radius 1 is 0.815 bits per heavy atom. The SMILES string of the molecule is COC1=C(OC)C(c2ccccc2)Oc2c1c(OC)c(OC)c1occc21. The first-order valence-corrected chi connectivity index (χ1v) is 8.44. The maximum atomic E-state index is 6.41. The van der Waals surface area contributed by atoms with E-state index in [0.717, 1.165) is 10.9 Å². The summed E-state index contributed by atoms with van der Waals surface area (Å²) in [6.07, 6.45) is 1.13. The van der Waals surface area contributed by atoms with E-state index in [-0.39, 0.29) is 0 Å². The third-order valence-corrected chi connectivity index (χ3v) is 4.64. The van der Waals surface area contributed by atoms with Gasteiger partial charge in [-0.2, -0.15) is 0 Å². The zero-order valence-electron chi connectivity index (χ0n) is 15.6. The lowest BCUT2D eigenvalue weighted by molar-refractivity contribution is 0.132. The molecule has 1 aromatic heterocycles. The molecule has 4 rings (SSSR count). The Morgan fingerprint density at radius 3 is 2.19 bits per heavy atom. The van der Waals surface area contributed by atoms with Gasteiger partial charge in [-0.25, -0.2) is 0 Å². The molecular formula is C21H20O6. The Balaban J connectivity index is 2.07. The quantitative estimate of drug-likeness (QED) is 0.659. The summed E-state index contributed by atoms with van der Waals surface area (Å²) in [5, 5.41) is 0.772. The highest BCUT2D eigenvalue weighted by atomic mass is 16.6. The summed E-state index contributed by atoms with van der Waals surface area (Å²) in [5.74, 6) is 2.63. The van der Waals surface area contributed by atoms with Gasteiger partial charge in [0.25, 0.3) is 0 Å². The molecule has 0 radical (unpaired) electrons. The number of rotatable bonds is 5. The topological polar surface area (TPSA) is 59.3 Å². The van der Waals surface area contributed by atoms with E-state index >= 15 is 0 Å². The largest absolute Gasteiger partial charge is 0.493 e. The summed E-state index contributed by atoms with van der Waals surface area (Å²) in [5.41, 5.74) is 2.13. The highest BCUT2D eigenvalue weighted by Crippen LogP contribution is 2.54. The van der Waals surface area contributed by atoms with Gasteiger partial charge in [-0.3, -0.25) is 0 Å². The second-order valence-electron chi connectivity index (χ2n) is 5.94. The number of hydrogen-bond donors (Lipinski definition) is 0. The van der Waals surface area contributed by atoms with Crippen molar-refractivity contribution in [3.8, 4) is 17.2 Å². The van der Waals surface area contributed by atoms with E-state index in [9.17, 15) is 0 Å². The number of methoxy groups -OCH3 is 4. The molecule has 0 N–H and O–H groups in total. The second-order valence-corrected chi connectivity index (χ2v) is 5.94. The smallest absolute Gasteiger partial charge is 0.205 e. The summed E-state index contributed by atoms with van der Waals surface area (Å²) >= 11 is 0. The van der Waals surface area contributed by atoms with E-state index in [4.69, 9.17) is 28.1 Å². The van der Waals surface area contributed by atoms with Gasteiger partial charge in [-0.1, -0.05) is 30.3 Å². The van der Waals surface area contributed by atoms with Crippen molar-refractivity contribution < 1.29 is 28.1 Å². The minimum atomic E-state index is -0.463. The first-order valence-electron chi connectivity index (χ1n) is 8.44. The van der Waals surface area contributed by atoms with Gasteiger partial charge in [-0.05, 0) is 6.07 Å². The maximum absolute atomic E-state index is 6.41. The molecule has 0 fully saturated rings. The summed E-state index contributed by atoms with van der Waals surface area (Å²) in [7, 11) is 6.32. The van der Waals surface area contributed by atoms with Crippen molar-refractivity contribution in [2.75, 3.05) is 28.4 Å². The van der Waals surface area contributed by atoms with E-state index in [1.54, 1.807) is 34.7 Å². The van der Waals surface area contributed by atoms with Crippen LogP contribution in [0.1, 0.15) is 17.2 Å². The first kappa shape index (κ1) is 17.1. The molecule has 0 spiro atoms. The predicted molar refractivity (Wildman–Crippen MR) is 100 cm³/mol. The molecule has 27 heavy (non-hydrogen) atoms. The van der Waals surface area contributed by atoms with Crippen LogP contribution in [-0.2, 0) is 9.47 Å². The molecule has 6 heteroatoms. The summed E-state index contributed by atoms with van der Waals surface area (Å²) in [4.78, 5) is 0. The molecule has 2 heterocycles. The Bertz CT molecular complexity index is 1000. The van der Waals surface area contributed by atoms with E-state index in [1.807, 2.05) is 36.4 Å². The van der Waals surface area contributed by atoms with Crippen molar-refractivity contribution in [3.05, 3.63) is 59.5 Å². The van der Waals surface area contributed by atoms with Crippen LogP contribution in [0.4, 0.5) is 0 Å². The molecule has 0 aliphatic carbocycles. The van der Waals surface area contributed by atoms with E-state index < -0.39 is 6.10 Å². The lowest BCUT2D eigenvalue weighted by Gasteiger charge is -2.31. The van der Waals surface area contributed by atoms with Crippen LogP contribution in [0.2, 0.25) is 0 Å². The number of hydrogen-bond acceptors (Lipinski definition) is 6. The third-order valence-electron chi connectivity index (χ3n) is 4.64. The molecule has 2 aromatic carbocycles. The average molecular weight is 368 g/mol. The highest BCUT2D eigenvalue weighted by Gasteiger charge is 2.38. The standard InChI is InChI=1S/C21H20O6/c1-22-18-14-16(13-10-11-26-17(13)21(25-4)19(14)23-2)27-15(20(18)24-3)12-8-6-5-7-9-12/h5-11,15H,1-4H3. The maximum Gasteiger partial charge on any atom is 0.205 e. The van der Waals surface area contributed by atoms with Gasteiger partial charge < -0.3 is 28.1 Å².